The van der Waals surface area contributed by atoms with E-state index in [0.29, 0.717) is 0 Å². The molecule has 0 atom stereocenters. The fourth-order valence-corrected chi connectivity index (χ4v) is 1.09. The lowest BCUT2D eigenvalue weighted by Crippen LogP contribution is -2.26. The number of aromatic amines is 1. The monoisotopic (exact) mass is 279 g/mol. The first-order valence-electron chi connectivity index (χ1n) is 4.19. The summed E-state index contributed by atoms with van der Waals surface area (Å²) in [6.07, 6.45) is -10.8. The number of rotatable bonds is 2. The summed E-state index contributed by atoms with van der Waals surface area (Å²) in [5, 5.41) is 0. The lowest BCUT2D eigenvalue weighted by atomic mass is 10.2. The van der Waals surface area contributed by atoms with Gasteiger partial charge in [0.2, 0.25) is 11.2 Å². The van der Waals surface area contributed by atoms with Crippen molar-refractivity contribution >= 4 is 0 Å². The van der Waals surface area contributed by atoms with Crippen LogP contribution in [-0.2, 0) is 12.9 Å². The van der Waals surface area contributed by atoms with Gasteiger partial charge in [0, 0.05) is 6.07 Å². The number of hydrogen-bond acceptors (Lipinski definition) is 2. The van der Waals surface area contributed by atoms with Crippen molar-refractivity contribution < 1.29 is 35.5 Å². The van der Waals surface area contributed by atoms with Crippen molar-refractivity contribution in [3.05, 3.63) is 27.7 Å². The third-order valence-corrected chi connectivity index (χ3v) is 1.69. The molecule has 0 saturated heterocycles. The lowest BCUT2D eigenvalue weighted by Gasteiger charge is -2.15. The second-order valence-corrected chi connectivity index (χ2v) is 3.04. The summed E-state index contributed by atoms with van der Waals surface area (Å²) in [5.74, 6) is -1.97. The highest BCUT2D eigenvalue weighted by Gasteiger charge is 2.41. The van der Waals surface area contributed by atoms with E-state index < -0.39 is 41.8 Å². The maximum atomic E-state index is 12.4. The van der Waals surface area contributed by atoms with Gasteiger partial charge in [-0.2, -0.15) is 13.2 Å². The van der Waals surface area contributed by atoms with Crippen LogP contribution in [0.3, 0.4) is 0 Å². The molecule has 0 aliphatic carbocycles. The number of nitrogens with one attached hydrogen (secondary N) is 1. The fourth-order valence-electron chi connectivity index (χ4n) is 1.09. The van der Waals surface area contributed by atoms with E-state index in [1.165, 1.54) is 4.98 Å². The zero-order chi connectivity index (χ0) is 14.1. The van der Waals surface area contributed by atoms with Crippen molar-refractivity contribution in [3.63, 3.8) is 0 Å². The second-order valence-electron chi connectivity index (χ2n) is 3.04. The Morgan fingerprint density at radius 1 is 1.17 bits per heavy atom. The van der Waals surface area contributed by atoms with Crippen molar-refractivity contribution in [1.29, 1.82) is 0 Å². The molecule has 1 N–H and O–H groups in total. The molecule has 1 rings (SSSR count). The molecule has 1 aromatic heterocycles. The van der Waals surface area contributed by atoms with Crippen molar-refractivity contribution in [2.45, 2.75) is 19.2 Å². The Kier molecular flexibility index (Phi) is 3.58. The molecule has 102 valence electrons. The third-order valence-electron chi connectivity index (χ3n) is 1.69. The second kappa shape index (κ2) is 4.50. The fraction of sp³-hybridized carbons (Fsp3) is 0.375. The van der Waals surface area contributed by atoms with Crippen LogP contribution in [0.25, 0.3) is 0 Å². The van der Waals surface area contributed by atoms with Crippen molar-refractivity contribution in [2.24, 2.45) is 0 Å². The number of ether oxygens (including phenoxy) is 1. The molecule has 0 bridgehead atoms. The molecule has 0 amide bonds. The number of pyridine rings is 1. The van der Waals surface area contributed by atoms with E-state index in [-0.39, 0.29) is 6.07 Å². The van der Waals surface area contributed by atoms with E-state index in [1.54, 1.807) is 0 Å². The Hall–Kier alpha value is -1.74. The van der Waals surface area contributed by atoms with Gasteiger partial charge >= 0.3 is 12.5 Å². The van der Waals surface area contributed by atoms with Crippen molar-refractivity contribution in [2.75, 3.05) is 0 Å². The van der Waals surface area contributed by atoms with E-state index in [4.69, 9.17) is 0 Å². The summed E-state index contributed by atoms with van der Waals surface area (Å²) < 4.78 is 87.9. The summed E-state index contributed by atoms with van der Waals surface area (Å²) in [5.41, 5.74) is -4.60. The summed E-state index contributed by atoms with van der Waals surface area (Å²) >= 11 is 0. The smallest absolute Gasteiger partial charge is 0.399 e. The number of alkyl halides is 7. The molecular formula is C8H4F7NO2. The van der Waals surface area contributed by atoms with Crippen LogP contribution in [-0.4, -0.2) is 11.3 Å². The standard InChI is InChI=1S/C8H4F7NO2/c9-2-3-1-4(17)5(18-8(13,14)15)6(16-3)7(10,11)12/h1H,2H2,(H,16,17). The molecule has 0 fully saturated rings. The van der Waals surface area contributed by atoms with Crippen LogP contribution in [0.1, 0.15) is 11.4 Å². The Morgan fingerprint density at radius 2 is 1.72 bits per heavy atom. The number of halogens is 7. The molecular weight excluding hydrogens is 275 g/mol. The van der Waals surface area contributed by atoms with Crippen LogP contribution in [0.2, 0.25) is 0 Å². The molecule has 18 heavy (non-hydrogen) atoms. The van der Waals surface area contributed by atoms with E-state index in [0.717, 1.165) is 0 Å². The molecule has 0 spiro atoms. The maximum Gasteiger partial charge on any atom is 0.573 e. The van der Waals surface area contributed by atoms with Gasteiger partial charge in [0.15, 0.2) is 5.69 Å². The predicted molar refractivity (Wildman–Crippen MR) is 43.6 cm³/mol. The van der Waals surface area contributed by atoms with Crippen molar-refractivity contribution in [3.8, 4) is 5.75 Å². The van der Waals surface area contributed by atoms with E-state index >= 15 is 0 Å². The van der Waals surface area contributed by atoms with Gasteiger partial charge < -0.3 is 9.72 Å². The predicted octanol–water partition coefficient (Wildman–Crippen LogP) is 2.76. The zero-order valence-corrected chi connectivity index (χ0v) is 8.25. The Morgan fingerprint density at radius 3 is 2.11 bits per heavy atom. The summed E-state index contributed by atoms with van der Waals surface area (Å²) in [7, 11) is 0. The summed E-state index contributed by atoms with van der Waals surface area (Å²) in [4.78, 5) is 12.4. The highest BCUT2D eigenvalue weighted by atomic mass is 19.4. The molecule has 0 aliphatic rings. The molecule has 0 saturated carbocycles. The molecule has 0 radical (unpaired) electrons. The minimum atomic E-state index is -5.47. The summed E-state index contributed by atoms with van der Waals surface area (Å²) in [6, 6.07) is 0.260. The topological polar surface area (TPSA) is 42.1 Å². The third kappa shape index (κ3) is 3.37. The largest absolute Gasteiger partial charge is 0.573 e. The number of aromatic nitrogens is 1. The van der Waals surface area contributed by atoms with Crippen LogP contribution >= 0.6 is 0 Å². The Balaban J connectivity index is 3.44. The van der Waals surface area contributed by atoms with Gasteiger partial charge in [-0.15, -0.1) is 13.2 Å². The molecule has 3 nitrogen and oxygen atoms in total. The van der Waals surface area contributed by atoms with E-state index in [2.05, 4.69) is 4.74 Å². The molecule has 0 aromatic carbocycles. The molecule has 10 heteroatoms. The highest BCUT2D eigenvalue weighted by Crippen LogP contribution is 2.35. The molecule has 0 aliphatic heterocycles. The van der Waals surface area contributed by atoms with E-state index in [1.807, 2.05) is 0 Å². The van der Waals surface area contributed by atoms with Gasteiger partial charge in [0.25, 0.3) is 0 Å². The van der Waals surface area contributed by atoms with Crippen LogP contribution in [0.15, 0.2) is 10.9 Å². The Bertz CT molecular complexity index is 488. The van der Waals surface area contributed by atoms with Gasteiger partial charge in [-0.1, -0.05) is 0 Å². The van der Waals surface area contributed by atoms with Gasteiger partial charge in [-0.3, -0.25) is 4.79 Å². The Labute approximate surface area is 94.2 Å². The minimum Gasteiger partial charge on any atom is -0.399 e. The van der Waals surface area contributed by atoms with Gasteiger partial charge in [-0.25, -0.2) is 4.39 Å². The highest BCUT2D eigenvalue weighted by molar-refractivity contribution is 5.32. The average molecular weight is 279 g/mol. The molecule has 0 unspecified atom stereocenters. The minimum absolute atomic E-state index is 0.260. The zero-order valence-electron chi connectivity index (χ0n) is 8.25. The first-order chi connectivity index (χ1) is 8.04. The van der Waals surface area contributed by atoms with Gasteiger partial charge in [0.1, 0.15) is 6.67 Å². The maximum absolute atomic E-state index is 12.4. The van der Waals surface area contributed by atoms with Gasteiger partial charge in [-0.05, 0) is 0 Å². The van der Waals surface area contributed by atoms with Crippen molar-refractivity contribution in [1.82, 2.24) is 4.98 Å². The molecule has 1 aromatic rings. The van der Waals surface area contributed by atoms with Crippen LogP contribution in [0.4, 0.5) is 30.7 Å². The quantitative estimate of drug-likeness (QED) is 0.846. The normalized spacial score (nSPS) is 12.6. The van der Waals surface area contributed by atoms with Gasteiger partial charge in [0.05, 0.1) is 5.69 Å². The van der Waals surface area contributed by atoms with Crippen LogP contribution in [0.5, 0.6) is 5.75 Å². The number of H-pyrrole nitrogens is 1. The summed E-state index contributed by atoms with van der Waals surface area (Å²) in [6.45, 7) is -1.47. The lowest BCUT2D eigenvalue weighted by molar-refractivity contribution is -0.277. The van der Waals surface area contributed by atoms with Crippen LogP contribution < -0.4 is 10.2 Å². The molecule has 1 heterocycles. The van der Waals surface area contributed by atoms with Crippen LogP contribution in [0, 0.1) is 0 Å². The van der Waals surface area contributed by atoms with E-state index in [9.17, 15) is 35.5 Å². The first kappa shape index (κ1) is 14.3. The number of hydrogen-bond donors (Lipinski definition) is 1. The average Bonchev–Trinajstić information content (AvgIpc) is 2.17. The SMILES string of the molecule is O=c1cc(CF)[nH]c(C(F)(F)F)c1OC(F)(F)F. The first-order valence-corrected chi connectivity index (χ1v) is 4.19.